The zero-order valence-electron chi connectivity index (χ0n) is 8.45. The maximum Gasteiger partial charge on any atom is 0.334 e. The number of aromatic amines is 1. The molecule has 0 fully saturated rings. The third kappa shape index (κ3) is 1.71. The fourth-order valence-corrected chi connectivity index (χ4v) is 1.35. The van der Waals surface area contributed by atoms with Gasteiger partial charge in [-0.15, -0.1) is 4.91 Å². The second-order valence-corrected chi connectivity index (χ2v) is 3.14. The van der Waals surface area contributed by atoms with E-state index in [9.17, 15) is 14.5 Å². The third-order valence-corrected chi connectivity index (χ3v) is 2.10. The molecular formula is C9H7N5O3. The standard InChI is InChI=1S/C9H7N5O3/c10-7-6(13-17)8(15)14(9(16)12-7)5-2-1-3-11-4-5/h1-4H,10H2,(H,12,16). The molecule has 0 amide bonds. The average molecular weight is 233 g/mol. The highest BCUT2D eigenvalue weighted by molar-refractivity contribution is 5.55. The Balaban J connectivity index is 2.85. The lowest BCUT2D eigenvalue weighted by atomic mass is 10.4. The normalized spacial score (nSPS) is 10.1. The maximum absolute atomic E-state index is 11.8. The SMILES string of the molecule is Nc1[nH]c(=O)n(-c2cccnc2)c(=O)c1N=O. The van der Waals surface area contributed by atoms with E-state index < -0.39 is 16.9 Å². The topological polar surface area (TPSA) is 123 Å². The Labute approximate surface area is 93.7 Å². The van der Waals surface area contributed by atoms with Gasteiger partial charge in [-0.05, 0) is 17.3 Å². The molecule has 0 aliphatic heterocycles. The number of pyridine rings is 1. The number of nitroso groups, excluding NO2 is 1. The van der Waals surface area contributed by atoms with Gasteiger partial charge >= 0.3 is 5.69 Å². The summed E-state index contributed by atoms with van der Waals surface area (Å²) in [7, 11) is 0. The van der Waals surface area contributed by atoms with Crippen LogP contribution in [0.25, 0.3) is 5.69 Å². The van der Waals surface area contributed by atoms with Crippen LogP contribution in [0.5, 0.6) is 0 Å². The first kappa shape index (κ1) is 10.7. The first-order chi connectivity index (χ1) is 8.15. The molecule has 0 radical (unpaired) electrons. The van der Waals surface area contributed by atoms with Gasteiger partial charge in [0.1, 0.15) is 5.82 Å². The van der Waals surface area contributed by atoms with Crippen LogP contribution in [0.15, 0.2) is 39.3 Å². The number of hydrogen-bond donors (Lipinski definition) is 2. The molecule has 8 nitrogen and oxygen atoms in total. The van der Waals surface area contributed by atoms with Crippen molar-refractivity contribution in [1.82, 2.24) is 14.5 Å². The molecular weight excluding hydrogens is 226 g/mol. The zero-order valence-corrected chi connectivity index (χ0v) is 8.45. The van der Waals surface area contributed by atoms with Crippen LogP contribution in [0.1, 0.15) is 0 Å². The molecule has 0 aliphatic rings. The van der Waals surface area contributed by atoms with Gasteiger partial charge in [-0.3, -0.25) is 14.8 Å². The van der Waals surface area contributed by atoms with Gasteiger partial charge in [0, 0.05) is 6.20 Å². The Kier molecular flexibility index (Phi) is 2.53. The molecule has 0 aromatic carbocycles. The molecule has 0 spiro atoms. The van der Waals surface area contributed by atoms with E-state index in [2.05, 4.69) is 15.1 Å². The van der Waals surface area contributed by atoms with Crippen molar-refractivity contribution in [3.05, 3.63) is 50.3 Å². The predicted molar refractivity (Wildman–Crippen MR) is 60.3 cm³/mol. The van der Waals surface area contributed by atoms with E-state index in [1.807, 2.05) is 0 Å². The van der Waals surface area contributed by atoms with Gasteiger partial charge < -0.3 is 5.73 Å². The van der Waals surface area contributed by atoms with Crippen molar-refractivity contribution in [3.63, 3.8) is 0 Å². The number of H-pyrrole nitrogens is 1. The molecule has 0 unspecified atom stereocenters. The van der Waals surface area contributed by atoms with E-state index in [1.54, 1.807) is 6.07 Å². The summed E-state index contributed by atoms with van der Waals surface area (Å²) >= 11 is 0. The monoisotopic (exact) mass is 233 g/mol. The quantitative estimate of drug-likeness (QED) is 0.701. The summed E-state index contributed by atoms with van der Waals surface area (Å²) in [4.78, 5) is 39.8. The van der Waals surface area contributed by atoms with Gasteiger partial charge in [-0.25, -0.2) is 9.36 Å². The minimum atomic E-state index is -0.880. The van der Waals surface area contributed by atoms with Gasteiger partial charge in [-0.2, -0.15) is 0 Å². The molecule has 0 aliphatic carbocycles. The van der Waals surface area contributed by atoms with Crippen molar-refractivity contribution in [2.24, 2.45) is 5.18 Å². The molecule has 2 aromatic rings. The average Bonchev–Trinajstić information content (AvgIpc) is 2.30. The van der Waals surface area contributed by atoms with Gasteiger partial charge in [0.25, 0.3) is 5.56 Å². The highest BCUT2D eigenvalue weighted by Gasteiger charge is 2.13. The van der Waals surface area contributed by atoms with Crippen LogP contribution in [-0.4, -0.2) is 14.5 Å². The lowest BCUT2D eigenvalue weighted by Gasteiger charge is -2.04. The van der Waals surface area contributed by atoms with Crippen LogP contribution in [-0.2, 0) is 0 Å². The summed E-state index contributed by atoms with van der Waals surface area (Å²) in [5.74, 6) is -0.352. The summed E-state index contributed by atoms with van der Waals surface area (Å²) in [6, 6.07) is 3.04. The van der Waals surface area contributed by atoms with Gasteiger partial charge in [0.15, 0.2) is 0 Å². The molecule has 0 saturated heterocycles. The summed E-state index contributed by atoms with van der Waals surface area (Å²) < 4.78 is 0.736. The highest BCUT2D eigenvalue weighted by Crippen LogP contribution is 2.11. The highest BCUT2D eigenvalue weighted by atomic mass is 16.3. The largest absolute Gasteiger partial charge is 0.383 e. The van der Waals surface area contributed by atoms with Crippen molar-refractivity contribution < 1.29 is 0 Å². The van der Waals surface area contributed by atoms with E-state index in [4.69, 9.17) is 5.73 Å². The Morgan fingerprint density at radius 3 is 2.76 bits per heavy atom. The summed E-state index contributed by atoms with van der Waals surface area (Å²) in [5.41, 5.74) is 3.36. The summed E-state index contributed by atoms with van der Waals surface area (Å²) in [5, 5.41) is 2.50. The number of hydrogen-bond acceptors (Lipinski definition) is 6. The Hall–Kier alpha value is -2.77. The predicted octanol–water partition coefficient (Wildman–Crippen LogP) is -0.0991. The fourth-order valence-electron chi connectivity index (χ4n) is 1.35. The first-order valence-corrected chi connectivity index (χ1v) is 4.53. The zero-order chi connectivity index (χ0) is 12.4. The molecule has 0 atom stereocenters. The van der Waals surface area contributed by atoms with E-state index in [0.717, 1.165) is 4.57 Å². The number of nitrogens with one attached hydrogen (secondary N) is 1. The lowest BCUT2D eigenvalue weighted by molar-refractivity contribution is 0.874. The van der Waals surface area contributed by atoms with Crippen LogP contribution in [0.3, 0.4) is 0 Å². The molecule has 0 bridgehead atoms. The Morgan fingerprint density at radius 1 is 1.41 bits per heavy atom. The third-order valence-electron chi connectivity index (χ3n) is 2.10. The minimum Gasteiger partial charge on any atom is -0.383 e. The molecule has 8 heteroatoms. The van der Waals surface area contributed by atoms with E-state index in [0.29, 0.717) is 0 Å². The molecule has 0 saturated carbocycles. The Morgan fingerprint density at radius 2 is 2.18 bits per heavy atom. The summed E-state index contributed by atoms with van der Waals surface area (Å²) in [6.07, 6.45) is 2.79. The second-order valence-electron chi connectivity index (χ2n) is 3.14. The van der Waals surface area contributed by atoms with E-state index in [1.165, 1.54) is 18.5 Å². The van der Waals surface area contributed by atoms with Crippen LogP contribution in [0, 0.1) is 4.91 Å². The van der Waals surface area contributed by atoms with Crippen LogP contribution < -0.4 is 17.0 Å². The smallest absolute Gasteiger partial charge is 0.334 e. The number of nitrogens with zero attached hydrogens (tertiary/aromatic N) is 3. The van der Waals surface area contributed by atoms with E-state index >= 15 is 0 Å². The molecule has 2 aromatic heterocycles. The first-order valence-electron chi connectivity index (χ1n) is 4.53. The summed E-state index contributed by atoms with van der Waals surface area (Å²) in [6.45, 7) is 0. The number of nitrogens with two attached hydrogens (primary N) is 1. The van der Waals surface area contributed by atoms with Crippen molar-refractivity contribution in [1.29, 1.82) is 0 Å². The van der Waals surface area contributed by atoms with Gasteiger partial charge in [0.2, 0.25) is 5.69 Å². The molecule has 17 heavy (non-hydrogen) atoms. The number of rotatable bonds is 2. The van der Waals surface area contributed by atoms with Crippen molar-refractivity contribution in [2.45, 2.75) is 0 Å². The molecule has 2 heterocycles. The second kappa shape index (κ2) is 4.00. The fraction of sp³-hybridized carbons (Fsp3) is 0. The van der Waals surface area contributed by atoms with Crippen molar-refractivity contribution >= 4 is 11.5 Å². The van der Waals surface area contributed by atoms with E-state index in [-0.39, 0.29) is 11.5 Å². The Bertz CT molecular complexity index is 673. The van der Waals surface area contributed by atoms with Crippen LogP contribution in [0.4, 0.5) is 11.5 Å². The molecule has 3 N–H and O–H groups in total. The van der Waals surface area contributed by atoms with Crippen molar-refractivity contribution in [2.75, 3.05) is 5.73 Å². The van der Waals surface area contributed by atoms with Crippen LogP contribution in [0.2, 0.25) is 0 Å². The van der Waals surface area contributed by atoms with Gasteiger partial charge in [0.05, 0.1) is 11.9 Å². The maximum atomic E-state index is 11.8. The lowest BCUT2D eigenvalue weighted by Crippen LogP contribution is -2.34. The molecule has 2 rings (SSSR count). The van der Waals surface area contributed by atoms with Crippen molar-refractivity contribution in [3.8, 4) is 5.69 Å². The molecule has 86 valence electrons. The minimum absolute atomic E-state index is 0.226. The number of anilines is 1. The van der Waals surface area contributed by atoms with Gasteiger partial charge in [-0.1, -0.05) is 0 Å². The number of nitrogen functional groups attached to an aromatic ring is 1. The van der Waals surface area contributed by atoms with Crippen LogP contribution >= 0.6 is 0 Å². The number of aromatic nitrogens is 3.